The fourth-order valence-corrected chi connectivity index (χ4v) is 3.36. The first-order chi connectivity index (χ1) is 12.3. The molecule has 0 unspecified atom stereocenters. The number of aromatic nitrogens is 1. The van der Waals surface area contributed by atoms with Gasteiger partial charge in [0.1, 0.15) is 0 Å². The molecule has 25 heavy (non-hydrogen) atoms. The molecule has 5 nitrogen and oxygen atoms in total. The molecule has 1 aliphatic heterocycles. The van der Waals surface area contributed by atoms with E-state index in [1.165, 1.54) is 5.56 Å². The quantitative estimate of drug-likeness (QED) is 0.609. The lowest BCUT2D eigenvalue weighted by Gasteiger charge is -2.26. The summed E-state index contributed by atoms with van der Waals surface area (Å²) in [5, 5.41) is 3.93. The summed E-state index contributed by atoms with van der Waals surface area (Å²) in [6, 6.07) is 13.7. The van der Waals surface area contributed by atoms with E-state index in [-0.39, 0.29) is 5.91 Å². The summed E-state index contributed by atoms with van der Waals surface area (Å²) >= 11 is 1.64. The predicted octanol–water partition coefficient (Wildman–Crippen LogP) is 2.44. The Labute approximate surface area is 152 Å². The lowest BCUT2D eigenvalue weighted by Crippen LogP contribution is -2.35. The first-order valence-corrected chi connectivity index (χ1v) is 9.51. The number of morpholine rings is 1. The van der Waals surface area contributed by atoms with Crippen LogP contribution in [-0.2, 0) is 11.3 Å². The van der Waals surface area contributed by atoms with Crippen molar-refractivity contribution in [3.05, 3.63) is 59.8 Å². The van der Waals surface area contributed by atoms with Crippen molar-refractivity contribution in [1.29, 1.82) is 0 Å². The number of rotatable bonds is 7. The summed E-state index contributed by atoms with van der Waals surface area (Å²) in [5.74, 6) is 0.775. The standard InChI is InChI=1S/C19H23N3O2S/c23-19(21-9-14-25-18-3-1-2-8-20-18)17-6-4-16(5-7-17)15-22-10-12-24-13-11-22/h1-8H,9-15H2,(H,21,23). The fraction of sp³-hybridized carbons (Fsp3) is 0.368. The summed E-state index contributed by atoms with van der Waals surface area (Å²) < 4.78 is 5.36. The maximum atomic E-state index is 12.2. The second kappa shape index (κ2) is 9.56. The molecule has 6 heteroatoms. The molecular weight excluding hydrogens is 334 g/mol. The molecule has 1 aromatic carbocycles. The van der Waals surface area contributed by atoms with E-state index in [2.05, 4.69) is 15.2 Å². The highest BCUT2D eigenvalue weighted by molar-refractivity contribution is 7.99. The van der Waals surface area contributed by atoms with Crippen LogP contribution in [0.1, 0.15) is 15.9 Å². The molecule has 1 amide bonds. The number of carbonyl (C=O) groups excluding carboxylic acids is 1. The van der Waals surface area contributed by atoms with E-state index >= 15 is 0 Å². The highest BCUT2D eigenvalue weighted by Crippen LogP contribution is 2.13. The number of hydrogen-bond donors (Lipinski definition) is 1. The first kappa shape index (κ1) is 17.9. The molecule has 0 radical (unpaired) electrons. The van der Waals surface area contributed by atoms with E-state index in [4.69, 9.17) is 4.74 Å². The Morgan fingerprint density at radius 3 is 2.68 bits per heavy atom. The van der Waals surface area contributed by atoms with Gasteiger partial charge in [0.2, 0.25) is 0 Å². The average Bonchev–Trinajstić information content (AvgIpc) is 2.67. The van der Waals surface area contributed by atoms with Gasteiger partial charge in [-0.25, -0.2) is 4.98 Å². The molecule has 1 saturated heterocycles. The molecule has 2 heterocycles. The van der Waals surface area contributed by atoms with Crippen LogP contribution in [0.2, 0.25) is 0 Å². The summed E-state index contributed by atoms with van der Waals surface area (Å²) in [4.78, 5) is 18.8. The molecule has 3 rings (SSSR count). The van der Waals surface area contributed by atoms with Gasteiger partial charge in [0.25, 0.3) is 5.91 Å². The molecule has 1 aromatic heterocycles. The summed E-state index contributed by atoms with van der Waals surface area (Å²) in [7, 11) is 0. The van der Waals surface area contributed by atoms with Crippen LogP contribution < -0.4 is 5.32 Å². The van der Waals surface area contributed by atoms with Gasteiger partial charge in [-0.2, -0.15) is 0 Å². The largest absolute Gasteiger partial charge is 0.379 e. The van der Waals surface area contributed by atoms with Crippen LogP contribution in [0.3, 0.4) is 0 Å². The van der Waals surface area contributed by atoms with Crippen LogP contribution >= 0.6 is 11.8 Å². The van der Waals surface area contributed by atoms with Crippen molar-refractivity contribution in [3.63, 3.8) is 0 Å². The number of benzene rings is 1. The van der Waals surface area contributed by atoms with Gasteiger partial charge in [-0.3, -0.25) is 9.69 Å². The van der Waals surface area contributed by atoms with Gasteiger partial charge in [-0.05, 0) is 29.8 Å². The number of hydrogen-bond acceptors (Lipinski definition) is 5. The molecule has 0 aliphatic carbocycles. The minimum Gasteiger partial charge on any atom is -0.379 e. The minimum atomic E-state index is -0.0282. The summed E-state index contributed by atoms with van der Waals surface area (Å²) in [6.45, 7) is 5.07. The number of amides is 1. The number of carbonyl (C=O) groups is 1. The topological polar surface area (TPSA) is 54.5 Å². The van der Waals surface area contributed by atoms with E-state index in [0.717, 1.165) is 43.6 Å². The molecule has 0 atom stereocenters. The van der Waals surface area contributed by atoms with Crippen LogP contribution in [0.15, 0.2) is 53.7 Å². The Morgan fingerprint density at radius 2 is 1.96 bits per heavy atom. The van der Waals surface area contributed by atoms with Crippen molar-refractivity contribution < 1.29 is 9.53 Å². The van der Waals surface area contributed by atoms with Crippen LogP contribution in [0.4, 0.5) is 0 Å². The monoisotopic (exact) mass is 357 g/mol. The normalized spacial score (nSPS) is 15.0. The smallest absolute Gasteiger partial charge is 0.251 e. The molecule has 1 N–H and O–H groups in total. The lowest BCUT2D eigenvalue weighted by atomic mass is 10.1. The Morgan fingerprint density at radius 1 is 1.16 bits per heavy atom. The van der Waals surface area contributed by atoms with Gasteiger partial charge in [0.05, 0.1) is 18.2 Å². The van der Waals surface area contributed by atoms with Crippen LogP contribution in [0.25, 0.3) is 0 Å². The summed E-state index contributed by atoms with van der Waals surface area (Å²) in [6.07, 6.45) is 1.78. The molecule has 0 saturated carbocycles. The Bertz CT molecular complexity index is 658. The third-order valence-electron chi connectivity index (χ3n) is 4.00. The van der Waals surface area contributed by atoms with Gasteiger partial charge >= 0.3 is 0 Å². The zero-order chi connectivity index (χ0) is 17.3. The average molecular weight is 357 g/mol. The lowest BCUT2D eigenvalue weighted by molar-refractivity contribution is 0.0342. The van der Waals surface area contributed by atoms with Crippen LogP contribution in [0, 0.1) is 0 Å². The molecule has 132 valence electrons. The van der Waals surface area contributed by atoms with E-state index in [0.29, 0.717) is 12.1 Å². The van der Waals surface area contributed by atoms with Crippen molar-refractivity contribution >= 4 is 17.7 Å². The Balaban J connectivity index is 1.41. The maximum absolute atomic E-state index is 12.2. The van der Waals surface area contributed by atoms with E-state index < -0.39 is 0 Å². The van der Waals surface area contributed by atoms with Gasteiger partial charge in [-0.1, -0.05) is 18.2 Å². The van der Waals surface area contributed by atoms with Crippen LogP contribution in [-0.4, -0.2) is 54.4 Å². The number of pyridine rings is 1. The highest BCUT2D eigenvalue weighted by Gasteiger charge is 2.11. The zero-order valence-electron chi connectivity index (χ0n) is 14.2. The molecule has 2 aromatic rings. The van der Waals surface area contributed by atoms with Gasteiger partial charge in [0.15, 0.2) is 0 Å². The van der Waals surface area contributed by atoms with Gasteiger partial charge < -0.3 is 10.1 Å². The third kappa shape index (κ3) is 5.85. The predicted molar refractivity (Wildman–Crippen MR) is 99.8 cm³/mol. The van der Waals surface area contributed by atoms with Crippen LogP contribution in [0.5, 0.6) is 0 Å². The van der Waals surface area contributed by atoms with E-state index in [1.807, 2.05) is 42.5 Å². The first-order valence-electron chi connectivity index (χ1n) is 8.52. The SMILES string of the molecule is O=C(NCCSc1ccccn1)c1ccc(CN2CCOCC2)cc1. The minimum absolute atomic E-state index is 0.0282. The molecule has 0 spiro atoms. The Hall–Kier alpha value is -1.89. The summed E-state index contributed by atoms with van der Waals surface area (Å²) in [5.41, 5.74) is 1.93. The molecule has 1 aliphatic rings. The molecular formula is C19H23N3O2S. The highest BCUT2D eigenvalue weighted by atomic mass is 32.2. The second-order valence-electron chi connectivity index (χ2n) is 5.86. The van der Waals surface area contributed by atoms with E-state index in [1.54, 1.807) is 18.0 Å². The number of ether oxygens (including phenoxy) is 1. The maximum Gasteiger partial charge on any atom is 0.251 e. The number of nitrogens with zero attached hydrogens (tertiary/aromatic N) is 2. The van der Waals surface area contributed by atoms with Crippen molar-refractivity contribution in [2.24, 2.45) is 0 Å². The van der Waals surface area contributed by atoms with Crippen molar-refractivity contribution in [3.8, 4) is 0 Å². The van der Waals surface area contributed by atoms with Crippen molar-refractivity contribution in [2.75, 3.05) is 38.6 Å². The Kier molecular flexibility index (Phi) is 6.85. The van der Waals surface area contributed by atoms with Crippen molar-refractivity contribution in [1.82, 2.24) is 15.2 Å². The fourth-order valence-electron chi connectivity index (χ4n) is 2.63. The van der Waals surface area contributed by atoms with Crippen molar-refractivity contribution in [2.45, 2.75) is 11.6 Å². The zero-order valence-corrected chi connectivity index (χ0v) is 15.0. The molecule has 1 fully saturated rings. The number of thioether (sulfide) groups is 1. The van der Waals surface area contributed by atoms with E-state index in [9.17, 15) is 4.79 Å². The third-order valence-corrected chi connectivity index (χ3v) is 4.95. The van der Waals surface area contributed by atoms with Gasteiger partial charge in [0, 0.05) is 43.7 Å². The van der Waals surface area contributed by atoms with Gasteiger partial charge in [-0.15, -0.1) is 11.8 Å². The molecule has 0 bridgehead atoms. The second-order valence-corrected chi connectivity index (χ2v) is 6.97. The number of nitrogens with one attached hydrogen (secondary N) is 1.